The Bertz CT molecular complexity index is 412. The lowest BCUT2D eigenvalue weighted by atomic mass is 10.2. The summed E-state index contributed by atoms with van der Waals surface area (Å²) in [5.41, 5.74) is 7.23. The number of anilines is 1. The molecule has 0 saturated carbocycles. The number of ether oxygens (including phenoxy) is 3. The highest BCUT2D eigenvalue weighted by atomic mass is 16.5. The summed E-state index contributed by atoms with van der Waals surface area (Å²) < 4.78 is 15.5. The number of nitrogens with one attached hydrogen (secondary N) is 1. The molecule has 0 aliphatic heterocycles. The van der Waals surface area contributed by atoms with Gasteiger partial charge in [-0.05, 0) is 18.1 Å². The number of hydrogen-bond donors (Lipinski definition) is 2. The SMILES string of the molecule is COCCCOCCOCC(=O)Nc1ccccc1CN. The highest BCUT2D eigenvalue weighted by Gasteiger charge is 2.05. The van der Waals surface area contributed by atoms with Gasteiger partial charge in [0.15, 0.2) is 0 Å². The van der Waals surface area contributed by atoms with Crippen LogP contribution in [-0.4, -0.2) is 46.1 Å². The quantitative estimate of drug-likeness (QED) is 0.599. The molecule has 0 bridgehead atoms. The summed E-state index contributed by atoms with van der Waals surface area (Å²) in [5.74, 6) is -0.199. The predicted octanol–water partition coefficient (Wildman–Crippen LogP) is 1.15. The lowest BCUT2D eigenvalue weighted by molar-refractivity contribution is -0.121. The van der Waals surface area contributed by atoms with Gasteiger partial charge in [0.2, 0.25) is 5.91 Å². The van der Waals surface area contributed by atoms with E-state index in [1.807, 2.05) is 24.3 Å². The molecule has 0 spiro atoms. The number of carbonyl (C=O) groups excluding carboxylic acids is 1. The van der Waals surface area contributed by atoms with Gasteiger partial charge in [0.05, 0.1) is 13.2 Å². The number of methoxy groups -OCH3 is 1. The molecule has 0 aliphatic rings. The van der Waals surface area contributed by atoms with Crippen molar-refractivity contribution in [2.24, 2.45) is 5.73 Å². The molecule has 1 aromatic carbocycles. The molecule has 3 N–H and O–H groups in total. The van der Waals surface area contributed by atoms with Crippen molar-refractivity contribution in [1.29, 1.82) is 0 Å². The average molecular weight is 296 g/mol. The van der Waals surface area contributed by atoms with E-state index in [0.29, 0.717) is 33.0 Å². The third-order valence-corrected chi connectivity index (χ3v) is 2.75. The fraction of sp³-hybridized carbons (Fsp3) is 0.533. The fourth-order valence-electron chi connectivity index (χ4n) is 1.70. The van der Waals surface area contributed by atoms with Gasteiger partial charge in [0.25, 0.3) is 0 Å². The number of carbonyl (C=O) groups is 1. The van der Waals surface area contributed by atoms with Crippen LogP contribution < -0.4 is 11.1 Å². The molecule has 21 heavy (non-hydrogen) atoms. The smallest absolute Gasteiger partial charge is 0.250 e. The summed E-state index contributed by atoms with van der Waals surface area (Å²) in [4.78, 5) is 11.7. The molecule has 0 atom stereocenters. The number of nitrogens with two attached hydrogens (primary N) is 1. The van der Waals surface area contributed by atoms with Gasteiger partial charge in [-0.2, -0.15) is 0 Å². The molecule has 6 heteroatoms. The summed E-state index contributed by atoms with van der Waals surface area (Å²) in [5, 5.41) is 2.78. The number of hydrogen-bond acceptors (Lipinski definition) is 5. The van der Waals surface area contributed by atoms with E-state index in [9.17, 15) is 4.79 Å². The monoisotopic (exact) mass is 296 g/mol. The molecule has 0 unspecified atom stereocenters. The Labute approximate surface area is 125 Å². The highest BCUT2D eigenvalue weighted by Crippen LogP contribution is 2.13. The molecule has 0 fully saturated rings. The molecular weight excluding hydrogens is 272 g/mol. The second-order valence-corrected chi connectivity index (χ2v) is 4.42. The van der Waals surface area contributed by atoms with E-state index < -0.39 is 0 Å². The third-order valence-electron chi connectivity index (χ3n) is 2.75. The minimum absolute atomic E-state index is 0.000334. The molecule has 1 rings (SSSR count). The van der Waals surface area contributed by atoms with Crippen molar-refractivity contribution in [2.75, 3.05) is 45.5 Å². The molecule has 6 nitrogen and oxygen atoms in total. The van der Waals surface area contributed by atoms with Gasteiger partial charge in [0, 0.05) is 32.6 Å². The van der Waals surface area contributed by atoms with E-state index in [2.05, 4.69) is 5.32 Å². The molecule has 0 heterocycles. The molecule has 0 radical (unpaired) electrons. The van der Waals surface area contributed by atoms with Crippen LogP contribution in [0, 0.1) is 0 Å². The second kappa shape index (κ2) is 11.2. The summed E-state index contributed by atoms with van der Waals surface area (Å²) >= 11 is 0. The van der Waals surface area contributed by atoms with Crippen molar-refractivity contribution in [3.05, 3.63) is 29.8 Å². The van der Waals surface area contributed by atoms with Crippen LogP contribution in [0.15, 0.2) is 24.3 Å². The second-order valence-electron chi connectivity index (χ2n) is 4.42. The van der Waals surface area contributed by atoms with Crippen LogP contribution >= 0.6 is 0 Å². The normalized spacial score (nSPS) is 10.6. The molecule has 118 valence electrons. The molecule has 0 saturated heterocycles. The first-order chi connectivity index (χ1) is 10.3. The van der Waals surface area contributed by atoms with E-state index in [-0.39, 0.29) is 12.5 Å². The zero-order chi connectivity index (χ0) is 15.3. The standard InChI is InChI=1S/C15H24N2O4/c1-19-7-4-8-20-9-10-21-12-15(18)17-14-6-3-2-5-13(14)11-16/h2-3,5-6H,4,7-12,16H2,1H3,(H,17,18). The minimum Gasteiger partial charge on any atom is -0.385 e. The average Bonchev–Trinajstić information content (AvgIpc) is 2.50. The van der Waals surface area contributed by atoms with Crippen molar-refractivity contribution in [2.45, 2.75) is 13.0 Å². The maximum Gasteiger partial charge on any atom is 0.250 e. The molecule has 0 aliphatic carbocycles. The van der Waals surface area contributed by atoms with Gasteiger partial charge in [-0.15, -0.1) is 0 Å². The first-order valence-electron chi connectivity index (χ1n) is 7.00. The van der Waals surface area contributed by atoms with E-state index in [4.69, 9.17) is 19.9 Å². The number of rotatable bonds is 11. The largest absolute Gasteiger partial charge is 0.385 e. The van der Waals surface area contributed by atoms with E-state index >= 15 is 0 Å². The number of amides is 1. The lowest BCUT2D eigenvalue weighted by Crippen LogP contribution is -2.21. The molecule has 1 amide bonds. The van der Waals surface area contributed by atoms with Gasteiger partial charge in [-0.3, -0.25) is 4.79 Å². The number of para-hydroxylation sites is 1. The summed E-state index contributed by atoms with van der Waals surface area (Å²) in [6, 6.07) is 7.43. The number of benzene rings is 1. The topological polar surface area (TPSA) is 82.8 Å². The third kappa shape index (κ3) is 7.77. The van der Waals surface area contributed by atoms with Gasteiger partial charge in [0.1, 0.15) is 6.61 Å². The van der Waals surface area contributed by atoms with Gasteiger partial charge >= 0.3 is 0 Å². The predicted molar refractivity (Wildman–Crippen MR) is 81.1 cm³/mol. The van der Waals surface area contributed by atoms with Crippen LogP contribution in [0.1, 0.15) is 12.0 Å². The van der Waals surface area contributed by atoms with Crippen LogP contribution in [-0.2, 0) is 25.5 Å². The van der Waals surface area contributed by atoms with Crippen molar-refractivity contribution in [3.8, 4) is 0 Å². The van der Waals surface area contributed by atoms with Crippen LogP contribution in [0.5, 0.6) is 0 Å². The zero-order valence-corrected chi connectivity index (χ0v) is 12.5. The Hall–Kier alpha value is -1.47. The van der Waals surface area contributed by atoms with Gasteiger partial charge < -0.3 is 25.3 Å². The Morgan fingerprint density at radius 3 is 2.67 bits per heavy atom. The Morgan fingerprint density at radius 2 is 1.90 bits per heavy atom. The summed E-state index contributed by atoms with van der Waals surface area (Å²) in [6.45, 7) is 2.55. The summed E-state index contributed by atoms with van der Waals surface area (Å²) in [6.07, 6.45) is 0.854. The fourth-order valence-corrected chi connectivity index (χ4v) is 1.70. The maximum atomic E-state index is 11.7. The van der Waals surface area contributed by atoms with Gasteiger partial charge in [-0.1, -0.05) is 18.2 Å². The molecular formula is C15H24N2O4. The molecule has 1 aromatic rings. The first kappa shape index (κ1) is 17.6. The van der Waals surface area contributed by atoms with Crippen LogP contribution in [0.3, 0.4) is 0 Å². The zero-order valence-electron chi connectivity index (χ0n) is 12.5. The maximum absolute atomic E-state index is 11.7. The minimum atomic E-state index is -0.199. The van der Waals surface area contributed by atoms with Crippen LogP contribution in [0.4, 0.5) is 5.69 Å². The van der Waals surface area contributed by atoms with E-state index in [1.165, 1.54) is 0 Å². The first-order valence-corrected chi connectivity index (χ1v) is 7.00. The van der Waals surface area contributed by atoms with Crippen molar-refractivity contribution < 1.29 is 19.0 Å². The summed E-state index contributed by atoms with van der Waals surface area (Å²) in [7, 11) is 1.66. The van der Waals surface area contributed by atoms with Crippen molar-refractivity contribution in [1.82, 2.24) is 0 Å². The highest BCUT2D eigenvalue weighted by molar-refractivity contribution is 5.92. The van der Waals surface area contributed by atoms with Crippen molar-refractivity contribution >= 4 is 11.6 Å². The van der Waals surface area contributed by atoms with Crippen LogP contribution in [0.25, 0.3) is 0 Å². The molecule has 0 aromatic heterocycles. The Balaban J connectivity index is 2.11. The Kier molecular flexibility index (Phi) is 9.39. The van der Waals surface area contributed by atoms with Gasteiger partial charge in [-0.25, -0.2) is 0 Å². The van der Waals surface area contributed by atoms with Crippen molar-refractivity contribution in [3.63, 3.8) is 0 Å². The Morgan fingerprint density at radius 1 is 1.14 bits per heavy atom. The van der Waals surface area contributed by atoms with E-state index in [1.54, 1.807) is 7.11 Å². The lowest BCUT2D eigenvalue weighted by Gasteiger charge is -2.10. The van der Waals surface area contributed by atoms with E-state index in [0.717, 1.165) is 17.7 Å². The van der Waals surface area contributed by atoms with Crippen LogP contribution in [0.2, 0.25) is 0 Å².